The fourth-order valence-corrected chi connectivity index (χ4v) is 3.92. The van der Waals surface area contributed by atoms with E-state index in [1.807, 2.05) is 0 Å². The largest absolute Gasteiger partial charge is 0.452 e. The number of benzene rings is 2. The van der Waals surface area contributed by atoms with Crippen LogP contribution >= 0.6 is 0 Å². The standard InChI is InChI=1S/C21H14F7NO/c1-10-2-7-13-18(10)15(22)8-14(20(23,24)25)19(13)12-5-3-11(4-6-12)16-9-17(30-29-16)21(26,27)28/h3-6,8-10H,2,7H2,1H3/t10-/m1/s1. The number of rotatable bonds is 2. The molecule has 4 rings (SSSR count). The van der Waals surface area contributed by atoms with E-state index in [2.05, 4.69) is 9.68 Å². The van der Waals surface area contributed by atoms with Crippen LogP contribution in [-0.2, 0) is 18.8 Å². The Balaban J connectivity index is 1.81. The molecule has 0 aliphatic heterocycles. The summed E-state index contributed by atoms with van der Waals surface area (Å²) in [5.74, 6) is -2.34. The normalized spacial score (nSPS) is 16.7. The molecule has 2 aromatic carbocycles. The summed E-state index contributed by atoms with van der Waals surface area (Å²) >= 11 is 0. The number of hydrogen-bond donors (Lipinski definition) is 0. The third-order valence-electron chi connectivity index (χ3n) is 5.31. The number of fused-ring (bicyclic) bond motifs is 1. The van der Waals surface area contributed by atoms with Crippen molar-refractivity contribution in [3.05, 3.63) is 64.7 Å². The third-order valence-corrected chi connectivity index (χ3v) is 5.31. The maximum Gasteiger partial charge on any atom is 0.452 e. The van der Waals surface area contributed by atoms with Crippen molar-refractivity contribution in [2.24, 2.45) is 0 Å². The summed E-state index contributed by atoms with van der Waals surface area (Å²) in [6.45, 7) is 1.76. The molecule has 0 unspecified atom stereocenters. The van der Waals surface area contributed by atoms with E-state index in [1.165, 1.54) is 24.3 Å². The second-order valence-electron chi connectivity index (χ2n) is 7.26. The lowest BCUT2D eigenvalue weighted by molar-refractivity contribution is -0.155. The monoisotopic (exact) mass is 429 g/mol. The highest BCUT2D eigenvalue weighted by molar-refractivity contribution is 5.76. The minimum atomic E-state index is -4.76. The predicted octanol–water partition coefficient (Wildman–Crippen LogP) is 7.24. The Bertz CT molecular complexity index is 1090. The van der Waals surface area contributed by atoms with Gasteiger partial charge in [0.1, 0.15) is 11.5 Å². The fourth-order valence-electron chi connectivity index (χ4n) is 3.92. The van der Waals surface area contributed by atoms with Gasteiger partial charge in [-0.25, -0.2) is 4.39 Å². The average Bonchev–Trinajstić information content (AvgIpc) is 3.29. The highest BCUT2D eigenvalue weighted by atomic mass is 19.4. The number of hydrogen-bond acceptors (Lipinski definition) is 2. The summed E-state index contributed by atoms with van der Waals surface area (Å²) < 4.78 is 97.6. The Morgan fingerprint density at radius 3 is 2.13 bits per heavy atom. The van der Waals surface area contributed by atoms with Crippen LogP contribution in [0.5, 0.6) is 0 Å². The molecule has 0 bridgehead atoms. The molecule has 1 aliphatic carbocycles. The van der Waals surface area contributed by atoms with Crippen molar-refractivity contribution in [1.29, 1.82) is 0 Å². The van der Waals surface area contributed by atoms with Gasteiger partial charge in [0.2, 0.25) is 5.76 Å². The molecule has 0 saturated carbocycles. The Morgan fingerprint density at radius 1 is 0.933 bits per heavy atom. The predicted molar refractivity (Wildman–Crippen MR) is 94.1 cm³/mol. The van der Waals surface area contributed by atoms with Crippen molar-refractivity contribution in [1.82, 2.24) is 5.16 Å². The molecule has 1 heterocycles. The molecular weight excluding hydrogens is 415 g/mol. The zero-order chi connectivity index (χ0) is 21.8. The molecule has 9 heteroatoms. The minimum absolute atomic E-state index is 0.0917. The van der Waals surface area contributed by atoms with Crippen LogP contribution in [-0.4, -0.2) is 5.16 Å². The Hall–Kier alpha value is -2.84. The molecule has 158 valence electrons. The van der Waals surface area contributed by atoms with E-state index in [4.69, 9.17) is 0 Å². The van der Waals surface area contributed by atoms with E-state index in [9.17, 15) is 30.7 Å². The van der Waals surface area contributed by atoms with Crippen LogP contribution in [0, 0.1) is 5.82 Å². The first-order valence-corrected chi connectivity index (χ1v) is 9.04. The van der Waals surface area contributed by atoms with Gasteiger partial charge in [-0.3, -0.25) is 0 Å². The summed E-state index contributed by atoms with van der Waals surface area (Å²) in [4.78, 5) is 0. The first-order valence-electron chi connectivity index (χ1n) is 9.04. The van der Waals surface area contributed by atoms with Crippen molar-refractivity contribution >= 4 is 0 Å². The van der Waals surface area contributed by atoms with E-state index in [-0.39, 0.29) is 33.9 Å². The quantitative estimate of drug-likeness (QED) is 0.402. The van der Waals surface area contributed by atoms with Crippen molar-refractivity contribution in [3.63, 3.8) is 0 Å². The molecule has 1 aliphatic rings. The van der Waals surface area contributed by atoms with Crippen LogP contribution in [0.4, 0.5) is 30.7 Å². The van der Waals surface area contributed by atoms with Crippen molar-refractivity contribution in [2.75, 3.05) is 0 Å². The van der Waals surface area contributed by atoms with Gasteiger partial charge in [-0.05, 0) is 47.1 Å². The zero-order valence-electron chi connectivity index (χ0n) is 15.5. The molecular formula is C21H14F7NO. The van der Waals surface area contributed by atoms with Crippen LogP contribution in [0.25, 0.3) is 22.4 Å². The molecule has 3 aromatic rings. The van der Waals surface area contributed by atoms with E-state index in [1.54, 1.807) is 6.92 Å². The van der Waals surface area contributed by atoms with Crippen molar-refractivity contribution in [3.8, 4) is 22.4 Å². The summed E-state index contributed by atoms with van der Waals surface area (Å²) in [7, 11) is 0. The molecule has 2 nitrogen and oxygen atoms in total. The maximum absolute atomic E-state index is 14.4. The smallest absolute Gasteiger partial charge is 0.351 e. The SMILES string of the molecule is C[C@@H]1CCc2c(-c3ccc(-c4cc(C(F)(F)F)on4)cc3)c(C(F)(F)F)cc(F)c21. The summed E-state index contributed by atoms with van der Waals surface area (Å²) in [6.07, 6.45) is -8.61. The summed E-state index contributed by atoms with van der Waals surface area (Å²) in [5.41, 5.74) is -0.193. The number of aromatic nitrogens is 1. The summed E-state index contributed by atoms with van der Waals surface area (Å²) in [5, 5.41) is 3.37. The van der Waals surface area contributed by atoms with Crippen LogP contribution in [0.3, 0.4) is 0 Å². The van der Waals surface area contributed by atoms with E-state index in [0.717, 1.165) is 0 Å². The lowest BCUT2D eigenvalue weighted by Crippen LogP contribution is -2.11. The maximum atomic E-state index is 14.4. The lowest BCUT2D eigenvalue weighted by Gasteiger charge is -2.19. The van der Waals surface area contributed by atoms with Crippen molar-refractivity contribution in [2.45, 2.75) is 38.0 Å². The number of alkyl halides is 6. The highest BCUT2D eigenvalue weighted by Gasteiger charge is 2.39. The van der Waals surface area contributed by atoms with E-state index < -0.39 is 29.5 Å². The van der Waals surface area contributed by atoms with Crippen LogP contribution < -0.4 is 0 Å². The minimum Gasteiger partial charge on any atom is -0.351 e. The Labute approximate surface area is 166 Å². The molecule has 0 amide bonds. The summed E-state index contributed by atoms with van der Waals surface area (Å²) in [6, 6.07) is 6.69. The molecule has 0 saturated heterocycles. The van der Waals surface area contributed by atoms with Gasteiger partial charge in [0.25, 0.3) is 0 Å². The third kappa shape index (κ3) is 3.46. The van der Waals surface area contributed by atoms with E-state index >= 15 is 0 Å². The molecule has 1 atom stereocenters. The zero-order valence-corrected chi connectivity index (χ0v) is 15.5. The van der Waals surface area contributed by atoms with Gasteiger partial charge in [-0.1, -0.05) is 36.3 Å². The number of nitrogens with zero attached hydrogens (tertiary/aromatic N) is 1. The van der Waals surface area contributed by atoms with Gasteiger partial charge in [-0.2, -0.15) is 26.3 Å². The highest BCUT2D eigenvalue weighted by Crippen LogP contribution is 2.47. The van der Waals surface area contributed by atoms with Gasteiger partial charge in [0.15, 0.2) is 0 Å². The second-order valence-corrected chi connectivity index (χ2v) is 7.26. The Morgan fingerprint density at radius 2 is 1.57 bits per heavy atom. The van der Waals surface area contributed by atoms with Gasteiger partial charge >= 0.3 is 12.4 Å². The molecule has 0 fully saturated rings. The van der Waals surface area contributed by atoms with Crippen LogP contribution in [0.2, 0.25) is 0 Å². The van der Waals surface area contributed by atoms with Gasteiger partial charge < -0.3 is 4.52 Å². The van der Waals surface area contributed by atoms with E-state index in [0.29, 0.717) is 30.5 Å². The molecule has 30 heavy (non-hydrogen) atoms. The van der Waals surface area contributed by atoms with Gasteiger partial charge in [-0.15, -0.1) is 0 Å². The van der Waals surface area contributed by atoms with Gasteiger partial charge in [0.05, 0.1) is 5.56 Å². The fraction of sp³-hybridized carbons (Fsp3) is 0.286. The second kappa shape index (κ2) is 6.85. The molecule has 0 spiro atoms. The first kappa shape index (κ1) is 20.4. The molecule has 0 N–H and O–H groups in total. The van der Waals surface area contributed by atoms with Crippen LogP contribution in [0.1, 0.15) is 41.7 Å². The Kier molecular flexibility index (Phi) is 4.67. The van der Waals surface area contributed by atoms with Gasteiger partial charge in [0, 0.05) is 11.6 Å². The molecule has 1 aromatic heterocycles. The lowest BCUT2D eigenvalue weighted by atomic mass is 9.89. The topological polar surface area (TPSA) is 26.0 Å². The van der Waals surface area contributed by atoms with Crippen LogP contribution in [0.15, 0.2) is 40.9 Å². The average molecular weight is 429 g/mol. The first-order chi connectivity index (χ1) is 14.0. The molecule has 0 radical (unpaired) electrons. The van der Waals surface area contributed by atoms with Crippen molar-refractivity contribution < 1.29 is 35.3 Å². The number of halogens is 7.